The van der Waals surface area contributed by atoms with E-state index in [1.165, 1.54) is 17.0 Å². The third kappa shape index (κ3) is 2.51. The molecule has 0 spiro atoms. The second-order valence-corrected chi connectivity index (χ2v) is 5.32. The molecule has 3 rings (SSSR count). The highest BCUT2D eigenvalue weighted by Crippen LogP contribution is 2.25. The van der Waals surface area contributed by atoms with Gasteiger partial charge in [-0.3, -0.25) is 4.79 Å². The zero-order valence-electron chi connectivity index (χ0n) is 11.8. The van der Waals surface area contributed by atoms with Crippen LogP contribution in [0.25, 0.3) is 6.08 Å². The quantitative estimate of drug-likeness (QED) is 0.681. The van der Waals surface area contributed by atoms with Gasteiger partial charge in [0.2, 0.25) is 0 Å². The number of thiocarbonyl (C=S) groups is 1. The molecular formula is C17H13FN2OS. The van der Waals surface area contributed by atoms with Gasteiger partial charge in [-0.2, -0.15) is 0 Å². The van der Waals surface area contributed by atoms with Crippen LogP contribution in [-0.4, -0.2) is 11.0 Å². The summed E-state index contributed by atoms with van der Waals surface area (Å²) in [5, 5.41) is 3.03. The summed E-state index contributed by atoms with van der Waals surface area (Å²) in [7, 11) is 0. The summed E-state index contributed by atoms with van der Waals surface area (Å²) in [5.41, 5.74) is 2.44. The Morgan fingerprint density at radius 1 is 1.14 bits per heavy atom. The first-order chi connectivity index (χ1) is 10.6. The van der Waals surface area contributed by atoms with E-state index in [4.69, 9.17) is 12.2 Å². The maximum Gasteiger partial charge on any atom is 0.281 e. The summed E-state index contributed by atoms with van der Waals surface area (Å²) in [6.45, 7) is 1.96. The Hall–Kier alpha value is -2.53. The number of hydrogen-bond donors (Lipinski definition) is 1. The number of halogens is 1. The third-order valence-electron chi connectivity index (χ3n) is 3.46. The van der Waals surface area contributed by atoms with Gasteiger partial charge < -0.3 is 5.32 Å². The average Bonchev–Trinajstić information content (AvgIpc) is 2.77. The predicted octanol–water partition coefficient (Wildman–Crippen LogP) is 3.40. The summed E-state index contributed by atoms with van der Waals surface area (Å²) >= 11 is 5.17. The topological polar surface area (TPSA) is 32.3 Å². The standard InChI is InChI=1S/C17H13FN2OS/c1-11-6-2-3-7-12(11)10-14-16(21)20(17(22)19-14)15-9-5-4-8-13(15)18/h2-10H,1H3,(H,19,22)/b14-10-. The zero-order valence-corrected chi connectivity index (χ0v) is 12.7. The molecule has 5 heteroatoms. The number of para-hydroxylation sites is 1. The van der Waals surface area contributed by atoms with Crippen LogP contribution in [0.1, 0.15) is 11.1 Å². The van der Waals surface area contributed by atoms with Crippen LogP contribution in [0.5, 0.6) is 0 Å². The summed E-state index contributed by atoms with van der Waals surface area (Å²) < 4.78 is 13.9. The summed E-state index contributed by atoms with van der Waals surface area (Å²) in [4.78, 5) is 13.7. The number of anilines is 1. The number of nitrogens with zero attached hydrogens (tertiary/aromatic N) is 1. The molecule has 1 heterocycles. The normalized spacial score (nSPS) is 16.3. The van der Waals surface area contributed by atoms with Crippen molar-refractivity contribution in [2.45, 2.75) is 6.92 Å². The monoisotopic (exact) mass is 312 g/mol. The molecule has 0 aliphatic carbocycles. The van der Waals surface area contributed by atoms with Gasteiger partial charge in [0.15, 0.2) is 5.11 Å². The molecule has 1 aliphatic heterocycles. The highest BCUT2D eigenvalue weighted by molar-refractivity contribution is 7.80. The molecule has 1 aliphatic rings. The Balaban J connectivity index is 1.99. The van der Waals surface area contributed by atoms with E-state index in [2.05, 4.69) is 5.32 Å². The van der Waals surface area contributed by atoms with Gasteiger partial charge >= 0.3 is 0 Å². The van der Waals surface area contributed by atoms with Crippen LogP contribution >= 0.6 is 12.2 Å². The van der Waals surface area contributed by atoms with Crippen molar-refractivity contribution in [1.29, 1.82) is 0 Å². The average molecular weight is 312 g/mol. The van der Waals surface area contributed by atoms with Gasteiger partial charge in [0.05, 0.1) is 5.69 Å². The first kappa shape index (κ1) is 14.4. The molecule has 1 N–H and O–H groups in total. The maximum atomic E-state index is 13.9. The molecule has 0 unspecified atom stereocenters. The van der Waals surface area contributed by atoms with Gasteiger partial charge in [-0.25, -0.2) is 9.29 Å². The lowest BCUT2D eigenvalue weighted by Crippen LogP contribution is -2.31. The first-order valence-electron chi connectivity index (χ1n) is 6.75. The van der Waals surface area contributed by atoms with Crippen molar-refractivity contribution in [1.82, 2.24) is 5.32 Å². The first-order valence-corrected chi connectivity index (χ1v) is 7.16. The van der Waals surface area contributed by atoms with Gasteiger partial charge in [-0.1, -0.05) is 36.4 Å². The Morgan fingerprint density at radius 2 is 1.82 bits per heavy atom. The molecule has 0 bridgehead atoms. The number of hydrogen-bond acceptors (Lipinski definition) is 2. The van der Waals surface area contributed by atoms with Gasteiger partial charge in [0.1, 0.15) is 11.5 Å². The summed E-state index contributed by atoms with van der Waals surface area (Å²) in [6, 6.07) is 13.7. The SMILES string of the molecule is Cc1ccccc1/C=C1\NC(=S)N(c2ccccc2F)C1=O. The van der Waals surface area contributed by atoms with Gasteiger partial charge in [0.25, 0.3) is 5.91 Å². The van der Waals surface area contributed by atoms with Gasteiger partial charge in [-0.05, 0) is 48.5 Å². The van der Waals surface area contributed by atoms with E-state index in [0.29, 0.717) is 5.70 Å². The van der Waals surface area contributed by atoms with Gasteiger partial charge in [-0.15, -0.1) is 0 Å². The lowest BCUT2D eigenvalue weighted by molar-refractivity contribution is -0.113. The highest BCUT2D eigenvalue weighted by atomic mass is 32.1. The fourth-order valence-corrected chi connectivity index (χ4v) is 2.58. The van der Waals surface area contributed by atoms with E-state index in [1.54, 1.807) is 18.2 Å². The minimum Gasteiger partial charge on any atom is -0.327 e. The largest absolute Gasteiger partial charge is 0.327 e. The minimum atomic E-state index is -0.489. The molecule has 0 saturated carbocycles. The molecule has 0 aromatic heterocycles. The van der Waals surface area contributed by atoms with E-state index < -0.39 is 5.82 Å². The number of carbonyl (C=O) groups excluding carboxylic acids is 1. The lowest BCUT2D eigenvalue weighted by atomic mass is 10.1. The van der Waals surface area contributed by atoms with Crippen molar-refractivity contribution in [3.05, 3.63) is 71.2 Å². The number of aryl methyl sites for hydroxylation is 1. The number of amides is 1. The van der Waals surface area contributed by atoms with E-state index in [0.717, 1.165) is 11.1 Å². The van der Waals surface area contributed by atoms with Crippen molar-refractivity contribution in [3.63, 3.8) is 0 Å². The maximum absolute atomic E-state index is 13.9. The Bertz CT molecular complexity index is 801. The molecule has 22 heavy (non-hydrogen) atoms. The molecule has 1 amide bonds. The van der Waals surface area contributed by atoms with E-state index in [9.17, 15) is 9.18 Å². The Labute approximate surface area is 133 Å². The van der Waals surface area contributed by atoms with Crippen LogP contribution in [0, 0.1) is 12.7 Å². The number of benzene rings is 2. The van der Waals surface area contributed by atoms with E-state index in [-0.39, 0.29) is 16.7 Å². The number of carbonyl (C=O) groups is 1. The molecular weight excluding hydrogens is 299 g/mol. The van der Waals surface area contributed by atoms with Crippen molar-refractivity contribution in [2.75, 3.05) is 4.90 Å². The molecule has 0 atom stereocenters. The minimum absolute atomic E-state index is 0.151. The summed E-state index contributed by atoms with van der Waals surface area (Å²) in [5.74, 6) is -0.851. The fraction of sp³-hybridized carbons (Fsp3) is 0.0588. The van der Waals surface area contributed by atoms with Crippen LogP contribution in [0.3, 0.4) is 0 Å². The molecule has 2 aromatic carbocycles. The smallest absolute Gasteiger partial charge is 0.281 e. The second kappa shape index (κ2) is 5.69. The third-order valence-corrected chi connectivity index (χ3v) is 3.74. The number of rotatable bonds is 2. The predicted molar refractivity (Wildman–Crippen MR) is 88.8 cm³/mol. The summed E-state index contributed by atoms with van der Waals surface area (Å²) in [6.07, 6.45) is 1.73. The van der Waals surface area contributed by atoms with Crippen LogP contribution in [-0.2, 0) is 4.79 Å². The number of nitrogens with one attached hydrogen (secondary N) is 1. The highest BCUT2D eigenvalue weighted by Gasteiger charge is 2.33. The Kier molecular flexibility index (Phi) is 3.73. The molecule has 1 fully saturated rings. The second-order valence-electron chi connectivity index (χ2n) is 4.94. The van der Waals surface area contributed by atoms with Crippen LogP contribution in [0.15, 0.2) is 54.2 Å². The fourth-order valence-electron chi connectivity index (χ4n) is 2.29. The van der Waals surface area contributed by atoms with E-state index >= 15 is 0 Å². The molecule has 2 aromatic rings. The van der Waals surface area contributed by atoms with Crippen LogP contribution < -0.4 is 10.2 Å². The van der Waals surface area contributed by atoms with E-state index in [1.807, 2.05) is 31.2 Å². The van der Waals surface area contributed by atoms with Crippen LogP contribution in [0.2, 0.25) is 0 Å². The van der Waals surface area contributed by atoms with Crippen molar-refractivity contribution < 1.29 is 9.18 Å². The molecule has 3 nitrogen and oxygen atoms in total. The van der Waals surface area contributed by atoms with Crippen molar-refractivity contribution in [2.24, 2.45) is 0 Å². The van der Waals surface area contributed by atoms with Crippen LogP contribution in [0.4, 0.5) is 10.1 Å². The van der Waals surface area contributed by atoms with Crippen molar-refractivity contribution in [3.8, 4) is 0 Å². The van der Waals surface area contributed by atoms with Gasteiger partial charge in [0, 0.05) is 0 Å². The molecule has 1 saturated heterocycles. The zero-order chi connectivity index (χ0) is 15.7. The lowest BCUT2D eigenvalue weighted by Gasteiger charge is -2.14. The Morgan fingerprint density at radius 3 is 2.55 bits per heavy atom. The van der Waals surface area contributed by atoms with Crippen molar-refractivity contribution >= 4 is 35.0 Å². The molecule has 0 radical (unpaired) electrons. The molecule has 110 valence electrons.